The summed E-state index contributed by atoms with van der Waals surface area (Å²) in [6, 6.07) is 39.8. The van der Waals surface area contributed by atoms with Crippen LogP contribution in [0, 0.1) is 19.3 Å². The Morgan fingerprint density at radius 3 is 1.58 bits per heavy atom. The minimum Gasteiger partial charge on any atom is -0.309 e. The van der Waals surface area contributed by atoms with Gasteiger partial charge in [0, 0.05) is 6.21 Å². The van der Waals surface area contributed by atoms with E-state index in [4.69, 9.17) is 5.41 Å². The van der Waals surface area contributed by atoms with Gasteiger partial charge >= 0.3 is 0 Å². The Balaban J connectivity index is 1.70. The molecule has 1 N–H and O–H groups in total. The fraction of sp³-hybridized carbons (Fsp3) is 0.0682. The number of nitrogens with one attached hydrogen (secondary N) is 1. The summed E-state index contributed by atoms with van der Waals surface area (Å²) >= 11 is 0. The highest BCUT2D eigenvalue weighted by Gasteiger charge is 2.19. The van der Waals surface area contributed by atoms with Crippen LogP contribution in [0.4, 0.5) is 0 Å². The van der Waals surface area contributed by atoms with E-state index in [1.807, 2.05) is 12.2 Å². The molecule has 0 aliphatic rings. The van der Waals surface area contributed by atoms with E-state index >= 15 is 0 Å². The van der Waals surface area contributed by atoms with Gasteiger partial charge in [0.15, 0.2) is 0 Å². The highest BCUT2D eigenvalue weighted by atomic mass is 14.3. The Morgan fingerprint density at radius 2 is 1.04 bits per heavy atom. The van der Waals surface area contributed by atoms with E-state index in [1.54, 1.807) is 6.08 Å². The zero-order valence-corrected chi connectivity index (χ0v) is 26.2. The van der Waals surface area contributed by atoms with Crippen molar-refractivity contribution in [3.05, 3.63) is 169 Å². The van der Waals surface area contributed by atoms with Gasteiger partial charge in [-0.05, 0) is 121 Å². The van der Waals surface area contributed by atoms with Crippen LogP contribution in [-0.4, -0.2) is 6.21 Å². The van der Waals surface area contributed by atoms with Crippen molar-refractivity contribution in [3.63, 3.8) is 0 Å². The van der Waals surface area contributed by atoms with Crippen molar-refractivity contribution in [2.24, 2.45) is 0 Å². The first-order chi connectivity index (χ1) is 22.0. The van der Waals surface area contributed by atoms with Crippen molar-refractivity contribution >= 4 is 38.9 Å². The summed E-state index contributed by atoms with van der Waals surface area (Å²) in [6.45, 7) is 14.4. The topological polar surface area (TPSA) is 23.9 Å². The molecule has 1 nitrogen and oxygen atoms in total. The lowest BCUT2D eigenvalue weighted by Gasteiger charge is -2.20. The molecule has 0 bridgehead atoms. The van der Waals surface area contributed by atoms with E-state index in [0.717, 1.165) is 22.3 Å². The van der Waals surface area contributed by atoms with Crippen LogP contribution >= 0.6 is 0 Å². The molecule has 0 aliphatic heterocycles. The van der Waals surface area contributed by atoms with Gasteiger partial charge in [0.2, 0.25) is 0 Å². The number of rotatable bonds is 8. The maximum Gasteiger partial charge on any atom is 0.0183 e. The molecule has 1 heteroatoms. The number of benzene rings is 6. The van der Waals surface area contributed by atoms with Crippen molar-refractivity contribution in [3.8, 4) is 33.4 Å². The molecule has 0 aliphatic carbocycles. The molecule has 0 spiro atoms. The molecule has 6 aromatic carbocycles. The van der Waals surface area contributed by atoms with E-state index in [0.29, 0.717) is 0 Å². The van der Waals surface area contributed by atoms with Crippen LogP contribution in [0.25, 0.3) is 66.1 Å². The van der Waals surface area contributed by atoms with Crippen LogP contribution in [0.15, 0.2) is 147 Å². The molecule has 0 saturated carbocycles. The zero-order chi connectivity index (χ0) is 31.5. The van der Waals surface area contributed by atoms with E-state index in [1.165, 1.54) is 72.3 Å². The summed E-state index contributed by atoms with van der Waals surface area (Å²) in [5.74, 6) is 0. The maximum atomic E-state index is 7.60. The third kappa shape index (κ3) is 5.39. The maximum absolute atomic E-state index is 7.60. The van der Waals surface area contributed by atoms with Gasteiger partial charge in [-0.3, -0.25) is 0 Å². The number of allylic oxidation sites excluding steroid dienone is 6. The Kier molecular flexibility index (Phi) is 8.27. The number of aryl methyl sites for hydroxylation is 2. The van der Waals surface area contributed by atoms with Crippen LogP contribution in [0.1, 0.15) is 29.2 Å². The number of hydrogen-bond acceptors (Lipinski definition) is 1. The first-order valence-corrected chi connectivity index (χ1v) is 15.4. The van der Waals surface area contributed by atoms with Crippen LogP contribution in [-0.2, 0) is 0 Å². The molecule has 45 heavy (non-hydrogen) atoms. The van der Waals surface area contributed by atoms with Gasteiger partial charge in [-0.1, -0.05) is 135 Å². The molecule has 0 radical (unpaired) electrons. The van der Waals surface area contributed by atoms with Gasteiger partial charge in [-0.2, -0.15) is 0 Å². The second-order valence-corrected chi connectivity index (χ2v) is 11.4. The fourth-order valence-electron chi connectivity index (χ4n) is 6.64. The van der Waals surface area contributed by atoms with Crippen molar-refractivity contribution < 1.29 is 0 Å². The SMILES string of the molecule is C=C/C(=C\C)c1ccc(-c2c3ccccc3c(-c3ccc(/C(C=C)=C/C=N)c(C)c3)c3cc(-c4ccccc4)ccc23)cc1C. The standard InChI is InChI=1S/C44H37N/c1-6-31(7-2)37-21-19-35(26-29(37)4)43-39-16-12-13-17-40(39)44(36-20-22-38(30(5)27-36)32(8-3)24-25-45)42-28-34(18-23-41(42)43)33-14-10-9-11-15-33/h6-28,45H,1,3H2,2,4-5H3/b31-7+,32-24+,45-25?. The van der Waals surface area contributed by atoms with Gasteiger partial charge in [-0.15, -0.1) is 0 Å². The van der Waals surface area contributed by atoms with E-state index in [2.05, 4.69) is 149 Å². The molecule has 0 heterocycles. The predicted molar refractivity (Wildman–Crippen MR) is 198 cm³/mol. The molecule has 0 saturated heterocycles. The monoisotopic (exact) mass is 579 g/mol. The summed E-state index contributed by atoms with van der Waals surface area (Å²) in [6.07, 6.45) is 8.98. The summed E-state index contributed by atoms with van der Waals surface area (Å²) in [4.78, 5) is 0. The van der Waals surface area contributed by atoms with Crippen LogP contribution in [0.3, 0.4) is 0 Å². The third-order valence-electron chi connectivity index (χ3n) is 8.80. The molecule has 0 fully saturated rings. The molecule has 218 valence electrons. The predicted octanol–water partition coefficient (Wildman–Crippen LogP) is 12.4. The fourth-order valence-corrected chi connectivity index (χ4v) is 6.64. The summed E-state index contributed by atoms with van der Waals surface area (Å²) in [5.41, 5.74) is 14.0. The molecule has 0 unspecified atom stereocenters. The van der Waals surface area contributed by atoms with Crippen LogP contribution in [0.2, 0.25) is 0 Å². The van der Waals surface area contributed by atoms with Crippen molar-refractivity contribution in [1.82, 2.24) is 0 Å². The summed E-state index contributed by atoms with van der Waals surface area (Å²) in [7, 11) is 0. The zero-order valence-electron chi connectivity index (χ0n) is 26.2. The molecule has 0 atom stereocenters. The van der Waals surface area contributed by atoms with Gasteiger partial charge in [0.1, 0.15) is 0 Å². The van der Waals surface area contributed by atoms with Crippen LogP contribution in [0.5, 0.6) is 0 Å². The number of fused-ring (bicyclic) bond motifs is 2. The Labute approximate surface area is 266 Å². The van der Waals surface area contributed by atoms with Gasteiger partial charge < -0.3 is 5.41 Å². The lowest BCUT2D eigenvalue weighted by atomic mass is 9.83. The highest BCUT2D eigenvalue weighted by Crippen LogP contribution is 2.45. The quantitative estimate of drug-likeness (QED) is 0.105. The van der Waals surface area contributed by atoms with Crippen LogP contribution < -0.4 is 0 Å². The smallest absolute Gasteiger partial charge is 0.0183 e. The second kappa shape index (κ2) is 12.6. The van der Waals surface area contributed by atoms with Gasteiger partial charge in [-0.25, -0.2) is 0 Å². The van der Waals surface area contributed by atoms with E-state index in [9.17, 15) is 0 Å². The van der Waals surface area contributed by atoms with Gasteiger partial charge in [0.05, 0.1) is 0 Å². The van der Waals surface area contributed by atoms with Gasteiger partial charge in [0.25, 0.3) is 0 Å². The molecule has 6 aromatic rings. The summed E-state index contributed by atoms with van der Waals surface area (Å²) < 4.78 is 0. The molecular formula is C44H37N. The molecular weight excluding hydrogens is 542 g/mol. The third-order valence-corrected chi connectivity index (χ3v) is 8.80. The average molecular weight is 580 g/mol. The van der Waals surface area contributed by atoms with Crippen molar-refractivity contribution in [1.29, 1.82) is 5.41 Å². The molecule has 0 amide bonds. The Bertz CT molecular complexity index is 2170. The van der Waals surface area contributed by atoms with Crippen molar-refractivity contribution in [2.45, 2.75) is 20.8 Å². The highest BCUT2D eigenvalue weighted by molar-refractivity contribution is 6.22. The second-order valence-electron chi connectivity index (χ2n) is 11.4. The van der Waals surface area contributed by atoms with E-state index in [-0.39, 0.29) is 0 Å². The largest absolute Gasteiger partial charge is 0.309 e. The Morgan fingerprint density at radius 1 is 0.533 bits per heavy atom. The minimum absolute atomic E-state index is 0.946. The lowest BCUT2D eigenvalue weighted by molar-refractivity contribution is 1.42. The summed E-state index contributed by atoms with van der Waals surface area (Å²) in [5, 5.41) is 12.5. The average Bonchev–Trinajstić information content (AvgIpc) is 3.07. The number of hydrogen-bond donors (Lipinski definition) is 1. The minimum atomic E-state index is 0.946. The Hall–Kier alpha value is -5.53. The lowest BCUT2D eigenvalue weighted by Crippen LogP contribution is -1.94. The first kappa shape index (κ1) is 29.5. The molecule has 6 rings (SSSR count). The van der Waals surface area contributed by atoms with Crippen molar-refractivity contribution in [2.75, 3.05) is 0 Å². The first-order valence-electron chi connectivity index (χ1n) is 15.4. The normalized spacial score (nSPS) is 12.0. The van der Waals surface area contributed by atoms with E-state index < -0.39 is 0 Å². The molecule has 0 aromatic heterocycles.